The summed E-state index contributed by atoms with van der Waals surface area (Å²) in [6.45, 7) is 1.73. The van der Waals surface area contributed by atoms with E-state index in [1.165, 1.54) is 0 Å². The number of nitrogen functional groups attached to an aromatic ring is 1. The third-order valence-electron chi connectivity index (χ3n) is 9.37. The van der Waals surface area contributed by atoms with Gasteiger partial charge in [-0.3, -0.25) is 4.90 Å². The Bertz CT molecular complexity index is 1640. The van der Waals surface area contributed by atoms with Gasteiger partial charge in [0, 0.05) is 55.2 Å². The van der Waals surface area contributed by atoms with Crippen LogP contribution in [0.2, 0.25) is 0 Å². The second-order valence-electron chi connectivity index (χ2n) is 12.2. The second kappa shape index (κ2) is 10.3. The smallest absolute Gasteiger partial charge is 0.419 e. The molecule has 0 radical (unpaired) electrons. The molecule has 7 rings (SSSR count). The summed E-state index contributed by atoms with van der Waals surface area (Å²) in [5.74, 6) is -6.98. The lowest BCUT2D eigenvalue weighted by molar-refractivity contribution is -0.139. The number of piperazine rings is 1. The Morgan fingerprint density at radius 2 is 1.70 bits per heavy atom. The van der Waals surface area contributed by atoms with Crippen molar-refractivity contribution < 1.29 is 39.9 Å². The Morgan fingerprint density at radius 1 is 0.977 bits per heavy atom. The van der Waals surface area contributed by atoms with Gasteiger partial charge >= 0.3 is 12.2 Å². The third-order valence-corrected chi connectivity index (χ3v) is 9.37. The number of nitrogens with zero attached hydrogens (tertiary/aromatic N) is 4. The first-order chi connectivity index (χ1) is 20.8. The number of benzene rings is 2. The molecule has 44 heavy (non-hydrogen) atoms. The molecule has 4 aliphatic heterocycles. The van der Waals surface area contributed by atoms with Crippen molar-refractivity contribution in [2.45, 2.75) is 62.1 Å². The molecule has 5 heterocycles. The van der Waals surface area contributed by atoms with E-state index in [9.17, 15) is 22.0 Å². The molecule has 2 bridgehead atoms. The summed E-state index contributed by atoms with van der Waals surface area (Å²) >= 11 is 0. The molecule has 2 aromatic carbocycles. The first-order valence-corrected chi connectivity index (χ1v) is 14.4. The molecule has 7 nitrogen and oxygen atoms in total. The summed E-state index contributed by atoms with van der Waals surface area (Å²) in [6, 6.07) is 0.622. The van der Waals surface area contributed by atoms with Gasteiger partial charge in [-0.25, -0.2) is 22.0 Å². The van der Waals surface area contributed by atoms with E-state index in [1.807, 2.05) is 4.90 Å². The molecule has 3 aromatic rings. The van der Waals surface area contributed by atoms with E-state index in [-0.39, 0.29) is 54.9 Å². The molecule has 2 unspecified atom stereocenters. The first kappa shape index (κ1) is 29.3. The number of nitrogens with two attached hydrogens (primary N) is 1. The molecule has 0 aliphatic carbocycles. The van der Waals surface area contributed by atoms with E-state index in [1.54, 1.807) is 4.90 Å². The number of anilines is 2. The molecule has 1 aromatic heterocycles. The summed E-state index contributed by atoms with van der Waals surface area (Å²) in [7, 11) is 0. The number of nitrogens with one attached hydrogen (secondary N) is 1. The normalized spacial score (nSPS) is 27.0. The van der Waals surface area contributed by atoms with Crippen LogP contribution in [0.5, 0.6) is 6.01 Å². The molecular weight excluding hydrogens is 600 g/mol. The highest BCUT2D eigenvalue weighted by molar-refractivity contribution is 5.94. The van der Waals surface area contributed by atoms with Crippen molar-refractivity contribution in [1.82, 2.24) is 20.2 Å². The average molecular weight is 629 g/mol. The fourth-order valence-electron chi connectivity index (χ4n) is 7.47. The van der Waals surface area contributed by atoms with Crippen LogP contribution >= 0.6 is 0 Å². The van der Waals surface area contributed by atoms with Crippen LogP contribution in [0.1, 0.15) is 37.7 Å². The van der Waals surface area contributed by atoms with Gasteiger partial charge in [0.2, 0.25) is 0 Å². The Balaban J connectivity index is 1.40. The van der Waals surface area contributed by atoms with Gasteiger partial charge in [0.1, 0.15) is 41.3 Å². The van der Waals surface area contributed by atoms with Crippen molar-refractivity contribution in [3.63, 3.8) is 0 Å². The monoisotopic (exact) mass is 628 g/mol. The predicted molar refractivity (Wildman–Crippen MR) is 145 cm³/mol. The molecule has 0 saturated carbocycles. The van der Waals surface area contributed by atoms with Gasteiger partial charge in [0.05, 0.1) is 16.8 Å². The van der Waals surface area contributed by atoms with E-state index in [0.717, 1.165) is 25.3 Å². The van der Waals surface area contributed by atoms with Crippen molar-refractivity contribution in [2.75, 3.05) is 43.4 Å². The third kappa shape index (κ3) is 4.70. The molecule has 4 aliphatic rings. The fraction of sp³-hybridized carbons (Fsp3) is 0.517. The number of rotatable bonds is 5. The number of hydrogen-bond donors (Lipinski definition) is 2. The van der Waals surface area contributed by atoms with Crippen LogP contribution in [0.4, 0.5) is 46.6 Å². The summed E-state index contributed by atoms with van der Waals surface area (Å²) in [6.07, 6.45) is -3.15. The number of fused-ring (bicyclic) bond motifs is 4. The van der Waals surface area contributed by atoms with Gasteiger partial charge in [-0.1, -0.05) is 0 Å². The van der Waals surface area contributed by atoms with Crippen LogP contribution in [0.3, 0.4) is 0 Å². The number of hydrogen-bond acceptors (Lipinski definition) is 7. The summed E-state index contributed by atoms with van der Waals surface area (Å²) in [4.78, 5) is 12.4. The number of alkyl halides is 4. The maximum Gasteiger partial charge on any atom is 0.419 e. The lowest BCUT2D eigenvalue weighted by Gasteiger charge is -2.34. The van der Waals surface area contributed by atoms with Crippen LogP contribution in [0.15, 0.2) is 12.1 Å². The highest BCUT2D eigenvalue weighted by Crippen LogP contribution is 2.46. The van der Waals surface area contributed by atoms with Crippen molar-refractivity contribution >= 4 is 22.4 Å². The van der Waals surface area contributed by atoms with Crippen LogP contribution in [-0.2, 0) is 6.18 Å². The molecule has 4 saturated heterocycles. The van der Waals surface area contributed by atoms with Gasteiger partial charge < -0.3 is 20.7 Å². The lowest BCUT2D eigenvalue weighted by Crippen LogP contribution is -2.51. The van der Waals surface area contributed by atoms with E-state index in [4.69, 9.17) is 10.5 Å². The van der Waals surface area contributed by atoms with Crippen LogP contribution < -0.4 is 20.7 Å². The highest BCUT2D eigenvalue weighted by Gasteiger charge is 2.49. The molecular formula is C29H28F8N6O. The molecule has 4 atom stereocenters. The first-order valence-electron chi connectivity index (χ1n) is 14.4. The van der Waals surface area contributed by atoms with Crippen molar-refractivity contribution in [1.29, 1.82) is 0 Å². The molecule has 4 fully saturated rings. The summed E-state index contributed by atoms with van der Waals surface area (Å²) in [5.41, 5.74) is -2.30. The Labute approximate surface area is 246 Å². The second-order valence-corrected chi connectivity index (χ2v) is 12.2. The molecule has 3 N–H and O–H groups in total. The Kier molecular flexibility index (Phi) is 6.84. The van der Waals surface area contributed by atoms with Gasteiger partial charge in [-0.2, -0.15) is 23.1 Å². The van der Waals surface area contributed by atoms with Crippen molar-refractivity contribution in [2.24, 2.45) is 0 Å². The van der Waals surface area contributed by atoms with Crippen LogP contribution in [0.25, 0.3) is 22.0 Å². The maximum atomic E-state index is 16.4. The van der Waals surface area contributed by atoms with E-state index >= 15 is 13.2 Å². The average Bonchev–Trinajstić information content (AvgIpc) is 3.59. The minimum atomic E-state index is -5.52. The van der Waals surface area contributed by atoms with Gasteiger partial charge in [-0.15, -0.1) is 0 Å². The minimum Gasteiger partial charge on any atom is -0.461 e. The standard InChI is InChI=1S/C29H28F8N6O/c30-13-8-28(4-1-5-43(28)9-13)12-44-27-40-25-16(26(41-27)42-10-14-2-3-15(11-42)39-14)6-17(31)20(24(25)34)21-22(29(35,36)37)18(32)7-19(38)23(21)33/h6-7,13-15,39H,1-5,8-12,38H2/t13-,14?,15?,28+/m1/s1. The zero-order valence-electron chi connectivity index (χ0n) is 23.3. The SMILES string of the molecule is Nc1cc(F)c(C(F)(F)F)c(-c2c(F)cc3c(N4CC5CCC(C4)N5)nc(OC[C@@]45CCCN4C[C@H](F)C5)nc3c2F)c1F. The molecule has 0 amide bonds. The summed E-state index contributed by atoms with van der Waals surface area (Å²) < 4.78 is 124. The number of halogens is 8. The largest absolute Gasteiger partial charge is 0.461 e. The molecule has 236 valence electrons. The minimum absolute atomic E-state index is 0.0336. The van der Waals surface area contributed by atoms with Crippen molar-refractivity contribution in [3.05, 3.63) is 41.0 Å². The fourth-order valence-corrected chi connectivity index (χ4v) is 7.47. The zero-order valence-corrected chi connectivity index (χ0v) is 23.3. The van der Waals surface area contributed by atoms with E-state index in [2.05, 4.69) is 15.3 Å². The van der Waals surface area contributed by atoms with Gasteiger partial charge in [-0.05, 0) is 38.3 Å². The van der Waals surface area contributed by atoms with E-state index in [0.29, 0.717) is 26.1 Å². The number of aromatic nitrogens is 2. The van der Waals surface area contributed by atoms with Crippen LogP contribution in [-0.4, -0.2) is 71.4 Å². The predicted octanol–water partition coefficient (Wildman–Crippen LogP) is 5.35. The lowest BCUT2D eigenvalue weighted by atomic mass is 9.94. The Hall–Kier alpha value is -3.46. The van der Waals surface area contributed by atoms with Gasteiger partial charge in [0.25, 0.3) is 0 Å². The topological polar surface area (TPSA) is 79.5 Å². The number of ether oxygens (including phenoxy) is 1. The molecule has 0 spiro atoms. The zero-order chi connectivity index (χ0) is 31.1. The molecule has 15 heteroatoms. The summed E-state index contributed by atoms with van der Waals surface area (Å²) in [5, 5.41) is 3.25. The Morgan fingerprint density at radius 3 is 2.41 bits per heavy atom. The van der Waals surface area contributed by atoms with Crippen molar-refractivity contribution in [3.8, 4) is 17.1 Å². The van der Waals surface area contributed by atoms with Crippen LogP contribution in [0, 0.1) is 23.3 Å². The maximum absolute atomic E-state index is 16.4. The quantitative estimate of drug-likeness (QED) is 0.292. The highest BCUT2D eigenvalue weighted by atomic mass is 19.4. The van der Waals surface area contributed by atoms with E-state index < -0.39 is 69.1 Å². The van der Waals surface area contributed by atoms with Gasteiger partial charge in [0.15, 0.2) is 11.6 Å².